The molecule has 0 radical (unpaired) electrons. The van der Waals surface area contributed by atoms with Gasteiger partial charge in [0, 0.05) is 12.7 Å². The quantitative estimate of drug-likeness (QED) is 0.744. The van der Waals surface area contributed by atoms with Crippen LogP contribution in [0.1, 0.15) is 18.6 Å². The molecule has 2 N–H and O–H groups in total. The molecule has 0 fully saturated rings. The van der Waals surface area contributed by atoms with E-state index >= 15 is 0 Å². The average Bonchev–Trinajstić information content (AvgIpc) is 2.09. The Hall–Kier alpha value is -1.06. The summed E-state index contributed by atoms with van der Waals surface area (Å²) in [7, 11) is 1.50. The van der Waals surface area contributed by atoms with E-state index in [0.29, 0.717) is 5.56 Å². The van der Waals surface area contributed by atoms with Gasteiger partial charge in [-0.2, -0.15) is 0 Å². The van der Waals surface area contributed by atoms with Crippen LogP contribution in [0.4, 0.5) is 0 Å². The van der Waals surface area contributed by atoms with Gasteiger partial charge >= 0.3 is 0 Å². The zero-order valence-corrected chi connectivity index (χ0v) is 7.77. The molecular weight excluding hydrogens is 168 g/mol. The number of benzene rings is 1. The number of hydrogen-bond acceptors (Lipinski definition) is 3. The van der Waals surface area contributed by atoms with E-state index in [9.17, 15) is 10.2 Å². The van der Waals surface area contributed by atoms with Crippen molar-refractivity contribution in [3.63, 3.8) is 0 Å². The van der Waals surface area contributed by atoms with Crippen LogP contribution in [0.5, 0.6) is 5.75 Å². The number of rotatable bonds is 3. The van der Waals surface area contributed by atoms with Gasteiger partial charge < -0.3 is 14.9 Å². The molecule has 0 aromatic heterocycles. The van der Waals surface area contributed by atoms with Crippen molar-refractivity contribution in [2.24, 2.45) is 0 Å². The summed E-state index contributed by atoms with van der Waals surface area (Å²) in [6.07, 6.45) is -1.11. The van der Waals surface area contributed by atoms with E-state index in [0.717, 1.165) is 0 Å². The molecule has 13 heavy (non-hydrogen) atoms. The Balaban J connectivity index is 2.97. The van der Waals surface area contributed by atoms with Gasteiger partial charge in [-0.1, -0.05) is 18.2 Å². The summed E-state index contributed by atoms with van der Waals surface area (Å²) >= 11 is 0. The molecule has 1 aromatic carbocycles. The second kappa shape index (κ2) is 4.25. The van der Waals surface area contributed by atoms with Crippen molar-refractivity contribution < 1.29 is 14.9 Å². The first kappa shape index (κ1) is 10.0. The van der Waals surface area contributed by atoms with E-state index in [1.165, 1.54) is 7.11 Å². The van der Waals surface area contributed by atoms with E-state index in [2.05, 4.69) is 0 Å². The number of hydrogen-bond donors (Lipinski definition) is 2. The maximum Gasteiger partial charge on any atom is 0.121 e. The van der Waals surface area contributed by atoms with Crippen molar-refractivity contribution in [2.75, 3.05) is 7.11 Å². The van der Waals surface area contributed by atoms with Gasteiger partial charge in [0.25, 0.3) is 0 Å². The van der Waals surface area contributed by atoms with Crippen molar-refractivity contribution in [3.05, 3.63) is 29.8 Å². The van der Waals surface area contributed by atoms with Crippen LogP contribution in [0, 0.1) is 0 Å². The van der Waals surface area contributed by atoms with Crippen LogP contribution in [0.15, 0.2) is 24.3 Å². The lowest BCUT2D eigenvalue weighted by Crippen LogP contribution is -2.16. The first-order chi connectivity index (χ1) is 6.16. The molecule has 3 nitrogen and oxygen atoms in total. The molecule has 0 heterocycles. The van der Waals surface area contributed by atoms with E-state index in [1.54, 1.807) is 31.2 Å². The zero-order valence-electron chi connectivity index (χ0n) is 7.77. The largest absolute Gasteiger partial charge is 0.508 e. The SMILES string of the molecule is COC(c1ccccc1O)C(C)O. The summed E-state index contributed by atoms with van der Waals surface area (Å²) in [4.78, 5) is 0. The summed E-state index contributed by atoms with van der Waals surface area (Å²) < 4.78 is 5.07. The Kier molecular flexibility index (Phi) is 3.28. The number of methoxy groups -OCH3 is 1. The summed E-state index contributed by atoms with van der Waals surface area (Å²) in [5, 5.41) is 18.8. The number of aromatic hydroxyl groups is 1. The van der Waals surface area contributed by atoms with Crippen LogP contribution < -0.4 is 0 Å². The Morgan fingerprint density at radius 3 is 2.38 bits per heavy atom. The first-order valence-electron chi connectivity index (χ1n) is 4.15. The third kappa shape index (κ3) is 2.20. The zero-order chi connectivity index (χ0) is 9.84. The second-order valence-electron chi connectivity index (χ2n) is 2.96. The summed E-state index contributed by atoms with van der Waals surface area (Å²) in [6, 6.07) is 6.83. The number of phenols is 1. The minimum absolute atomic E-state index is 0.148. The van der Waals surface area contributed by atoms with Gasteiger partial charge in [0.15, 0.2) is 0 Å². The average molecular weight is 182 g/mol. The Bertz CT molecular complexity index is 271. The van der Waals surface area contributed by atoms with Gasteiger partial charge in [0.2, 0.25) is 0 Å². The van der Waals surface area contributed by atoms with Crippen LogP contribution >= 0.6 is 0 Å². The van der Waals surface area contributed by atoms with Crippen LogP contribution in [-0.4, -0.2) is 23.4 Å². The molecule has 0 bridgehead atoms. The predicted molar refractivity (Wildman–Crippen MR) is 49.5 cm³/mol. The predicted octanol–water partition coefficient (Wildman–Crippen LogP) is 1.46. The summed E-state index contributed by atoms with van der Waals surface area (Å²) in [5.74, 6) is 0.148. The van der Waals surface area contributed by atoms with Crippen LogP contribution in [0.3, 0.4) is 0 Å². The molecule has 1 rings (SSSR count). The number of aliphatic hydroxyl groups excluding tert-OH is 1. The van der Waals surface area contributed by atoms with Gasteiger partial charge in [0.05, 0.1) is 6.10 Å². The van der Waals surface area contributed by atoms with Gasteiger partial charge in [-0.15, -0.1) is 0 Å². The molecule has 0 aliphatic rings. The summed E-state index contributed by atoms with van der Waals surface area (Å²) in [5.41, 5.74) is 0.611. The molecule has 1 aromatic rings. The Morgan fingerprint density at radius 1 is 1.31 bits per heavy atom. The fourth-order valence-electron chi connectivity index (χ4n) is 1.31. The minimum atomic E-state index is -0.640. The number of ether oxygens (including phenoxy) is 1. The van der Waals surface area contributed by atoms with Crippen LogP contribution in [-0.2, 0) is 4.74 Å². The normalized spacial score (nSPS) is 15.3. The topological polar surface area (TPSA) is 49.7 Å². The van der Waals surface area contributed by atoms with Gasteiger partial charge in [-0.3, -0.25) is 0 Å². The van der Waals surface area contributed by atoms with Crippen LogP contribution in [0.2, 0.25) is 0 Å². The Labute approximate surface area is 77.6 Å². The maximum atomic E-state index is 9.47. The highest BCUT2D eigenvalue weighted by atomic mass is 16.5. The van der Waals surface area contributed by atoms with E-state index in [4.69, 9.17) is 4.74 Å². The van der Waals surface area contributed by atoms with Crippen molar-refractivity contribution in [3.8, 4) is 5.75 Å². The van der Waals surface area contributed by atoms with E-state index < -0.39 is 12.2 Å². The third-order valence-electron chi connectivity index (χ3n) is 1.94. The molecule has 2 unspecified atom stereocenters. The number of phenolic OH excluding ortho intramolecular Hbond substituents is 1. The van der Waals surface area contributed by atoms with Crippen molar-refractivity contribution in [2.45, 2.75) is 19.1 Å². The van der Waals surface area contributed by atoms with Crippen molar-refractivity contribution >= 4 is 0 Å². The number of para-hydroxylation sites is 1. The molecular formula is C10H14O3. The summed E-state index contributed by atoms with van der Waals surface area (Å²) in [6.45, 7) is 1.63. The monoisotopic (exact) mass is 182 g/mol. The smallest absolute Gasteiger partial charge is 0.121 e. The van der Waals surface area contributed by atoms with Crippen LogP contribution in [0.25, 0.3) is 0 Å². The van der Waals surface area contributed by atoms with Gasteiger partial charge in [-0.25, -0.2) is 0 Å². The van der Waals surface area contributed by atoms with E-state index in [1.807, 2.05) is 0 Å². The molecule has 3 heteroatoms. The second-order valence-corrected chi connectivity index (χ2v) is 2.96. The first-order valence-corrected chi connectivity index (χ1v) is 4.15. The molecule has 0 aliphatic carbocycles. The highest BCUT2D eigenvalue weighted by molar-refractivity contribution is 5.34. The van der Waals surface area contributed by atoms with Crippen molar-refractivity contribution in [1.82, 2.24) is 0 Å². The molecule has 0 saturated carbocycles. The molecule has 2 atom stereocenters. The number of aliphatic hydroxyl groups is 1. The molecule has 0 aliphatic heterocycles. The highest BCUT2D eigenvalue weighted by Gasteiger charge is 2.18. The lowest BCUT2D eigenvalue weighted by atomic mass is 10.0. The molecule has 0 saturated heterocycles. The minimum Gasteiger partial charge on any atom is -0.508 e. The fraction of sp³-hybridized carbons (Fsp3) is 0.400. The third-order valence-corrected chi connectivity index (χ3v) is 1.94. The lowest BCUT2D eigenvalue weighted by molar-refractivity contribution is -0.00473. The lowest BCUT2D eigenvalue weighted by Gasteiger charge is -2.19. The van der Waals surface area contributed by atoms with Gasteiger partial charge in [-0.05, 0) is 13.0 Å². The fourth-order valence-corrected chi connectivity index (χ4v) is 1.31. The maximum absolute atomic E-state index is 9.47. The van der Waals surface area contributed by atoms with Gasteiger partial charge in [0.1, 0.15) is 11.9 Å². The molecule has 0 spiro atoms. The molecule has 0 amide bonds. The van der Waals surface area contributed by atoms with Crippen molar-refractivity contribution in [1.29, 1.82) is 0 Å². The highest BCUT2D eigenvalue weighted by Crippen LogP contribution is 2.28. The Morgan fingerprint density at radius 2 is 1.92 bits per heavy atom. The molecule has 72 valence electrons. The van der Waals surface area contributed by atoms with E-state index in [-0.39, 0.29) is 5.75 Å². The standard InChI is InChI=1S/C10H14O3/c1-7(11)10(13-2)8-5-3-4-6-9(8)12/h3-7,10-12H,1-2H3.